The highest BCUT2D eigenvalue weighted by Gasteiger charge is 2.47. The van der Waals surface area contributed by atoms with Crippen LogP contribution in [0.3, 0.4) is 0 Å². The van der Waals surface area contributed by atoms with E-state index < -0.39 is 35.8 Å². The van der Waals surface area contributed by atoms with E-state index in [9.17, 15) is 19.8 Å². The van der Waals surface area contributed by atoms with Crippen molar-refractivity contribution in [2.45, 2.75) is 37.7 Å². The Labute approximate surface area is 114 Å². The van der Waals surface area contributed by atoms with Gasteiger partial charge in [0.25, 0.3) is 5.56 Å². The fourth-order valence-corrected chi connectivity index (χ4v) is 2.34. The molecular formula is C13H16N2O5. The standard InChI is InChI=1S/C13H16N2O5/c1-3-4-13(19)5-10(20-9(13)7-16)15-6-8(2)11(17)14-12(15)18/h1,6,9-10,16,19H,4-5,7H2,2H3,(H,14,17,18)/t9-,10-,13+/m1/s1. The minimum Gasteiger partial charge on any atom is -0.394 e. The lowest BCUT2D eigenvalue weighted by Gasteiger charge is -2.24. The Balaban J connectivity index is 2.37. The van der Waals surface area contributed by atoms with Crippen molar-refractivity contribution in [1.82, 2.24) is 9.55 Å². The van der Waals surface area contributed by atoms with Crippen LogP contribution in [0.5, 0.6) is 0 Å². The van der Waals surface area contributed by atoms with Gasteiger partial charge < -0.3 is 14.9 Å². The Kier molecular flexibility index (Phi) is 3.81. The number of nitrogens with zero attached hydrogens (tertiary/aromatic N) is 1. The van der Waals surface area contributed by atoms with Crippen LogP contribution >= 0.6 is 0 Å². The summed E-state index contributed by atoms with van der Waals surface area (Å²) in [4.78, 5) is 25.3. The molecule has 108 valence electrons. The van der Waals surface area contributed by atoms with E-state index in [1.54, 1.807) is 6.92 Å². The maximum absolute atomic E-state index is 11.8. The number of H-pyrrole nitrogens is 1. The van der Waals surface area contributed by atoms with Gasteiger partial charge in [0.15, 0.2) is 0 Å². The number of terminal acetylenes is 1. The predicted molar refractivity (Wildman–Crippen MR) is 70.1 cm³/mol. The number of aromatic amines is 1. The Morgan fingerprint density at radius 3 is 2.95 bits per heavy atom. The molecule has 1 aromatic heterocycles. The lowest BCUT2D eigenvalue weighted by Crippen LogP contribution is -2.40. The van der Waals surface area contributed by atoms with Crippen LogP contribution in [0.25, 0.3) is 0 Å². The van der Waals surface area contributed by atoms with Crippen LogP contribution in [0.15, 0.2) is 15.8 Å². The Morgan fingerprint density at radius 1 is 1.65 bits per heavy atom. The molecule has 0 unspecified atom stereocenters. The van der Waals surface area contributed by atoms with E-state index in [1.807, 2.05) is 0 Å². The lowest BCUT2D eigenvalue weighted by atomic mass is 9.92. The second-order valence-corrected chi connectivity index (χ2v) is 4.93. The maximum Gasteiger partial charge on any atom is 0.330 e. The maximum atomic E-state index is 11.8. The van der Waals surface area contributed by atoms with E-state index >= 15 is 0 Å². The van der Waals surface area contributed by atoms with Crippen molar-refractivity contribution in [3.63, 3.8) is 0 Å². The molecule has 0 spiro atoms. The van der Waals surface area contributed by atoms with E-state index in [2.05, 4.69) is 10.9 Å². The summed E-state index contributed by atoms with van der Waals surface area (Å²) in [5, 5.41) is 19.6. The van der Waals surface area contributed by atoms with Gasteiger partial charge in [-0.05, 0) is 6.92 Å². The van der Waals surface area contributed by atoms with E-state index in [0.717, 1.165) is 0 Å². The van der Waals surface area contributed by atoms with Crippen LogP contribution in [0.1, 0.15) is 24.6 Å². The molecule has 0 saturated carbocycles. The highest BCUT2D eigenvalue weighted by Crippen LogP contribution is 2.37. The lowest BCUT2D eigenvalue weighted by molar-refractivity contribution is -0.0804. The third-order valence-corrected chi connectivity index (χ3v) is 3.48. The number of aryl methyl sites for hydroxylation is 1. The molecule has 20 heavy (non-hydrogen) atoms. The SMILES string of the molecule is C#CC[C@]1(O)C[C@H](n2cc(C)c(=O)[nH]c2=O)O[C@@H]1CO. The molecule has 0 aromatic carbocycles. The van der Waals surface area contributed by atoms with Crippen LogP contribution < -0.4 is 11.2 Å². The zero-order chi connectivity index (χ0) is 14.9. The Hall–Kier alpha value is -1.88. The molecule has 1 aliphatic rings. The summed E-state index contributed by atoms with van der Waals surface area (Å²) in [5.74, 6) is 2.34. The van der Waals surface area contributed by atoms with Crippen molar-refractivity contribution in [1.29, 1.82) is 0 Å². The van der Waals surface area contributed by atoms with Crippen molar-refractivity contribution in [3.05, 3.63) is 32.6 Å². The molecule has 2 rings (SSSR count). The van der Waals surface area contributed by atoms with Gasteiger partial charge in [-0.3, -0.25) is 14.3 Å². The first-order valence-corrected chi connectivity index (χ1v) is 6.15. The summed E-state index contributed by atoms with van der Waals surface area (Å²) in [5.41, 5.74) is -2.15. The van der Waals surface area contributed by atoms with Gasteiger partial charge >= 0.3 is 5.69 Å². The first-order chi connectivity index (χ1) is 9.41. The minimum atomic E-state index is -1.39. The monoisotopic (exact) mass is 280 g/mol. The molecule has 0 aliphatic carbocycles. The summed E-state index contributed by atoms with van der Waals surface area (Å²) in [7, 11) is 0. The molecule has 0 bridgehead atoms. The summed E-state index contributed by atoms with van der Waals surface area (Å²) in [6.45, 7) is 1.15. The summed E-state index contributed by atoms with van der Waals surface area (Å²) in [6, 6.07) is 0. The normalized spacial score (nSPS) is 29.3. The largest absolute Gasteiger partial charge is 0.394 e. The van der Waals surface area contributed by atoms with Crippen molar-refractivity contribution < 1.29 is 14.9 Å². The zero-order valence-electron chi connectivity index (χ0n) is 11.0. The quantitative estimate of drug-likeness (QED) is 0.608. The van der Waals surface area contributed by atoms with E-state index in [1.165, 1.54) is 10.8 Å². The molecule has 1 fully saturated rings. The first-order valence-electron chi connectivity index (χ1n) is 6.15. The van der Waals surface area contributed by atoms with Crippen LogP contribution in [-0.4, -0.2) is 38.1 Å². The predicted octanol–water partition coefficient (Wildman–Crippen LogP) is -1.12. The topological polar surface area (TPSA) is 105 Å². The highest BCUT2D eigenvalue weighted by molar-refractivity contribution is 5.06. The van der Waals surface area contributed by atoms with Crippen molar-refractivity contribution >= 4 is 0 Å². The average Bonchev–Trinajstić information content (AvgIpc) is 2.71. The molecule has 1 aliphatic heterocycles. The molecular weight excluding hydrogens is 264 g/mol. The van der Waals surface area contributed by atoms with Crippen molar-refractivity contribution in [2.24, 2.45) is 0 Å². The number of hydrogen-bond acceptors (Lipinski definition) is 5. The van der Waals surface area contributed by atoms with Gasteiger partial charge in [-0.25, -0.2) is 4.79 Å². The molecule has 0 amide bonds. The van der Waals surface area contributed by atoms with Crippen molar-refractivity contribution in [2.75, 3.05) is 6.61 Å². The number of ether oxygens (including phenoxy) is 1. The second kappa shape index (κ2) is 5.25. The molecule has 7 nitrogen and oxygen atoms in total. The summed E-state index contributed by atoms with van der Waals surface area (Å²) in [6.07, 6.45) is 4.98. The Morgan fingerprint density at radius 2 is 2.35 bits per heavy atom. The van der Waals surface area contributed by atoms with Crippen LogP contribution in [0.2, 0.25) is 0 Å². The van der Waals surface area contributed by atoms with Crippen LogP contribution in [0.4, 0.5) is 0 Å². The highest BCUT2D eigenvalue weighted by atomic mass is 16.5. The molecule has 2 heterocycles. The number of nitrogens with one attached hydrogen (secondary N) is 1. The van der Waals surface area contributed by atoms with Gasteiger partial charge in [0.2, 0.25) is 0 Å². The summed E-state index contributed by atoms with van der Waals surface area (Å²) >= 11 is 0. The third-order valence-electron chi connectivity index (χ3n) is 3.48. The number of aromatic nitrogens is 2. The van der Waals surface area contributed by atoms with E-state index in [-0.39, 0.29) is 12.8 Å². The number of hydrogen-bond donors (Lipinski definition) is 3. The van der Waals surface area contributed by atoms with Crippen molar-refractivity contribution in [3.8, 4) is 12.3 Å². The van der Waals surface area contributed by atoms with E-state index in [4.69, 9.17) is 11.2 Å². The second-order valence-electron chi connectivity index (χ2n) is 4.93. The number of aliphatic hydroxyl groups is 2. The fourth-order valence-electron chi connectivity index (χ4n) is 2.34. The first kappa shape index (κ1) is 14.5. The molecule has 7 heteroatoms. The van der Waals surface area contributed by atoms with Gasteiger partial charge in [0, 0.05) is 24.6 Å². The van der Waals surface area contributed by atoms with Gasteiger partial charge in [0.1, 0.15) is 17.9 Å². The van der Waals surface area contributed by atoms with Gasteiger partial charge in [0.05, 0.1) is 6.61 Å². The molecule has 0 radical (unpaired) electrons. The third kappa shape index (κ3) is 2.41. The van der Waals surface area contributed by atoms with E-state index in [0.29, 0.717) is 5.56 Å². The average molecular weight is 280 g/mol. The van der Waals surface area contributed by atoms with Gasteiger partial charge in [-0.1, -0.05) is 0 Å². The smallest absolute Gasteiger partial charge is 0.330 e. The Bertz CT molecular complexity index is 656. The fraction of sp³-hybridized carbons (Fsp3) is 0.538. The molecule has 3 N–H and O–H groups in total. The molecule has 3 atom stereocenters. The van der Waals surface area contributed by atoms with Crippen LogP contribution in [0, 0.1) is 19.3 Å². The number of rotatable bonds is 3. The van der Waals surface area contributed by atoms with Gasteiger partial charge in [-0.2, -0.15) is 0 Å². The van der Waals surface area contributed by atoms with Crippen LogP contribution in [-0.2, 0) is 4.74 Å². The zero-order valence-corrected chi connectivity index (χ0v) is 11.0. The summed E-state index contributed by atoms with van der Waals surface area (Å²) < 4.78 is 6.67. The molecule has 1 aromatic rings. The van der Waals surface area contributed by atoms with Gasteiger partial charge in [-0.15, -0.1) is 12.3 Å². The minimum absolute atomic E-state index is 0.00577. The molecule has 1 saturated heterocycles. The number of aliphatic hydroxyl groups excluding tert-OH is 1.